The summed E-state index contributed by atoms with van der Waals surface area (Å²) < 4.78 is 15.5. The van der Waals surface area contributed by atoms with Gasteiger partial charge in [-0.15, -0.1) is 0 Å². The molecule has 182 valence electrons. The van der Waals surface area contributed by atoms with E-state index in [4.69, 9.17) is 14.2 Å². The first kappa shape index (κ1) is 27.8. The van der Waals surface area contributed by atoms with E-state index in [9.17, 15) is 9.59 Å². The molecule has 0 spiro atoms. The van der Waals surface area contributed by atoms with Crippen LogP contribution in [0.15, 0.2) is 24.3 Å². The number of carbonyl (C=O) groups excluding carboxylic acids is 2. The molecule has 1 N–H and O–H groups in total. The monoisotopic (exact) mass is 449 g/mol. The summed E-state index contributed by atoms with van der Waals surface area (Å²) in [6.45, 7) is 5.21. The summed E-state index contributed by atoms with van der Waals surface area (Å²) in [6.07, 6.45) is 15.2. The Morgan fingerprint density at radius 1 is 0.656 bits per heavy atom. The lowest BCUT2D eigenvalue weighted by Crippen LogP contribution is -2.14. The van der Waals surface area contributed by atoms with Gasteiger partial charge in [-0.3, -0.25) is 5.32 Å². The van der Waals surface area contributed by atoms with Gasteiger partial charge in [-0.2, -0.15) is 0 Å². The van der Waals surface area contributed by atoms with Gasteiger partial charge in [-0.05, 0) is 37.1 Å². The van der Waals surface area contributed by atoms with Gasteiger partial charge in [0.2, 0.25) is 0 Å². The van der Waals surface area contributed by atoms with Crippen molar-refractivity contribution in [1.29, 1.82) is 0 Å². The molecule has 0 saturated carbocycles. The number of ether oxygens (including phenoxy) is 3. The highest BCUT2D eigenvalue weighted by Crippen LogP contribution is 2.17. The Kier molecular flexibility index (Phi) is 16.9. The largest absolute Gasteiger partial charge is 0.513 e. The third kappa shape index (κ3) is 15.5. The molecule has 0 aliphatic carbocycles. The molecule has 0 fully saturated rings. The predicted molar refractivity (Wildman–Crippen MR) is 129 cm³/mol. The van der Waals surface area contributed by atoms with E-state index in [1.54, 1.807) is 24.3 Å². The zero-order valence-corrected chi connectivity index (χ0v) is 20.2. The van der Waals surface area contributed by atoms with Gasteiger partial charge in [0.05, 0.1) is 13.2 Å². The minimum Gasteiger partial charge on any atom is -0.449 e. The Balaban J connectivity index is 2.10. The van der Waals surface area contributed by atoms with Crippen molar-refractivity contribution < 1.29 is 23.8 Å². The van der Waals surface area contributed by atoms with Crippen LogP contribution >= 0.6 is 0 Å². The van der Waals surface area contributed by atoms with Crippen molar-refractivity contribution in [2.75, 3.05) is 18.5 Å². The molecular weight excluding hydrogens is 406 g/mol. The van der Waals surface area contributed by atoms with Crippen LogP contribution in [0.25, 0.3) is 0 Å². The van der Waals surface area contributed by atoms with Crippen LogP contribution in [-0.4, -0.2) is 25.5 Å². The summed E-state index contributed by atoms with van der Waals surface area (Å²) in [7, 11) is 0. The van der Waals surface area contributed by atoms with Crippen LogP contribution < -0.4 is 10.1 Å². The van der Waals surface area contributed by atoms with E-state index in [1.165, 1.54) is 64.2 Å². The van der Waals surface area contributed by atoms with Crippen LogP contribution in [-0.2, 0) is 9.47 Å². The lowest BCUT2D eigenvalue weighted by molar-refractivity contribution is 0.0972. The quantitative estimate of drug-likeness (QED) is 0.139. The van der Waals surface area contributed by atoms with Crippen molar-refractivity contribution in [3.63, 3.8) is 0 Å². The van der Waals surface area contributed by atoms with Gasteiger partial charge in [-0.25, -0.2) is 9.59 Å². The van der Waals surface area contributed by atoms with Crippen molar-refractivity contribution in [3.8, 4) is 5.75 Å². The summed E-state index contributed by atoms with van der Waals surface area (Å²) in [5.74, 6) is 0.372. The van der Waals surface area contributed by atoms with Gasteiger partial charge in [-0.1, -0.05) is 90.9 Å². The number of rotatable bonds is 18. The second-order valence-corrected chi connectivity index (χ2v) is 8.23. The molecule has 32 heavy (non-hydrogen) atoms. The second kappa shape index (κ2) is 19.4. The predicted octanol–water partition coefficient (Wildman–Crippen LogP) is 8.25. The van der Waals surface area contributed by atoms with Gasteiger partial charge in [0.15, 0.2) is 0 Å². The first-order valence-electron chi connectivity index (χ1n) is 12.5. The van der Waals surface area contributed by atoms with Gasteiger partial charge in [0, 0.05) is 5.69 Å². The number of benzene rings is 1. The van der Waals surface area contributed by atoms with Crippen LogP contribution in [0.3, 0.4) is 0 Å². The third-order valence-electron chi connectivity index (χ3n) is 5.25. The molecule has 0 aliphatic rings. The van der Waals surface area contributed by atoms with Crippen molar-refractivity contribution in [2.45, 2.75) is 104 Å². The number of nitrogens with one attached hydrogen (secondary N) is 1. The van der Waals surface area contributed by atoms with Gasteiger partial charge in [0.1, 0.15) is 5.75 Å². The molecule has 6 heteroatoms. The molecule has 0 unspecified atom stereocenters. The summed E-state index contributed by atoms with van der Waals surface area (Å²) in [6, 6.07) is 6.55. The standard InChI is InChI=1S/C26H43NO5/c1-3-5-7-9-11-13-15-21-30-25(28)27-23-17-19-24(20-18-23)32-26(29)31-22-16-14-12-10-8-6-4-2/h17-20H,3-16,21-22H2,1-2H3,(H,27,28). The first-order valence-corrected chi connectivity index (χ1v) is 12.5. The zero-order chi connectivity index (χ0) is 23.3. The van der Waals surface area contributed by atoms with Crippen LogP contribution in [0, 0.1) is 0 Å². The average molecular weight is 450 g/mol. The molecular formula is C26H43NO5. The molecule has 6 nitrogen and oxygen atoms in total. The molecule has 0 aromatic heterocycles. The fourth-order valence-electron chi connectivity index (χ4n) is 3.32. The number of unbranched alkanes of at least 4 members (excludes halogenated alkanes) is 12. The summed E-state index contributed by atoms with van der Waals surface area (Å²) in [5, 5.41) is 2.67. The Morgan fingerprint density at radius 3 is 1.66 bits per heavy atom. The SMILES string of the molecule is CCCCCCCCCOC(=O)Nc1ccc(OC(=O)OCCCCCCCCC)cc1. The lowest BCUT2D eigenvalue weighted by atomic mass is 10.1. The highest BCUT2D eigenvalue weighted by atomic mass is 16.7. The van der Waals surface area contributed by atoms with E-state index < -0.39 is 12.2 Å². The van der Waals surface area contributed by atoms with Crippen molar-refractivity contribution in [2.24, 2.45) is 0 Å². The maximum Gasteiger partial charge on any atom is 0.513 e. The molecule has 0 atom stereocenters. The molecule has 0 heterocycles. The third-order valence-corrected chi connectivity index (χ3v) is 5.25. The molecule has 0 radical (unpaired) electrons. The Hall–Kier alpha value is -2.24. The number of anilines is 1. The van der Waals surface area contributed by atoms with Crippen molar-refractivity contribution in [1.82, 2.24) is 0 Å². The number of amides is 1. The summed E-state index contributed by atoms with van der Waals surface area (Å²) >= 11 is 0. The van der Waals surface area contributed by atoms with Crippen molar-refractivity contribution in [3.05, 3.63) is 24.3 Å². The van der Waals surface area contributed by atoms with Crippen LogP contribution in [0.5, 0.6) is 5.75 Å². The Bertz CT molecular complexity index is 550. The number of hydrogen-bond acceptors (Lipinski definition) is 5. The first-order chi connectivity index (χ1) is 15.7. The topological polar surface area (TPSA) is 73.9 Å². The van der Waals surface area contributed by atoms with E-state index in [-0.39, 0.29) is 0 Å². The van der Waals surface area contributed by atoms with E-state index in [0.717, 1.165) is 25.7 Å². The lowest BCUT2D eigenvalue weighted by Gasteiger charge is -2.09. The van der Waals surface area contributed by atoms with E-state index in [1.807, 2.05) is 0 Å². The van der Waals surface area contributed by atoms with E-state index >= 15 is 0 Å². The van der Waals surface area contributed by atoms with Gasteiger partial charge < -0.3 is 14.2 Å². The fraction of sp³-hybridized carbons (Fsp3) is 0.692. The smallest absolute Gasteiger partial charge is 0.449 e. The van der Waals surface area contributed by atoms with Crippen molar-refractivity contribution >= 4 is 17.9 Å². The normalized spacial score (nSPS) is 10.6. The molecule has 0 saturated heterocycles. The maximum absolute atomic E-state index is 11.9. The van der Waals surface area contributed by atoms with Gasteiger partial charge >= 0.3 is 12.2 Å². The van der Waals surface area contributed by atoms with Crippen LogP contribution in [0.1, 0.15) is 104 Å². The van der Waals surface area contributed by atoms with E-state index in [2.05, 4.69) is 19.2 Å². The minimum absolute atomic E-state index is 0.372. The average Bonchev–Trinajstić information content (AvgIpc) is 2.78. The molecule has 1 aromatic rings. The minimum atomic E-state index is -0.703. The number of hydrogen-bond donors (Lipinski definition) is 1. The summed E-state index contributed by atoms with van der Waals surface area (Å²) in [4.78, 5) is 23.6. The zero-order valence-electron chi connectivity index (χ0n) is 20.2. The highest BCUT2D eigenvalue weighted by Gasteiger charge is 2.07. The molecule has 1 aromatic carbocycles. The second-order valence-electron chi connectivity index (χ2n) is 8.23. The van der Waals surface area contributed by atoms with Gasteiger partial charge in [0.25, 0.3) is 0 Å². The summed E-state index contributed by atoms with van der Waals surface area (Å²) in [5.41, 5.74) is 0.582. The van der Waals surface area contributed by atoms with Crippen LogP contribution in [0.4, 0.5) is 15.3 Å². The van der Waals surface area contributed by atoms with E-state index in [0.29, 0.717) is 24.7 Å². The number of carbonyl (C=O) groups is 2. The Labute approximate surface area is 194 Å². The molecule has 1 amide bonds. The highest BCUT2D eigenvalue weighted by molar-refractivity contribution is 5.84. The molecule has 0 aliphatic heterocycles. The molecule has 0 bridgehead atoms. The Morgan fingerprint density at radius 2 is 1.12 bits per heavy atom. The fourth-order valence-corrected chi connectivity index (χ4v) is 3.32. The molecule has 1 rings (SSSR count). The van der Waals surface area contributed by atoms with Crippen LogP contribution in [0.2, 0.25) is 0 Å². The maximum atomic E-state index is 11.9.